The lowest BCUT2D eigenvalue weighted by Crippen LogP contribution is -2.33. The Morgan fingerprint density at radius 3 is 2.34 bits per heavy atom. The van der Waals surface area contributed by atoms with Gasteiger partial charge in [-0.05, 0) is 0 Å². The minimum atomic E-state index is -1.29. The van der Waals surface area contributed by atoms with Gasteiger partial charge in [-0.25, -0.2) is 4.98 Å². The smallest absolute Gasteiger partial charge is 0.280 e. The van der Waals surface area contributed by atoms with Gasteiger partial charge in [0.25, 0.3) is 5.56 Å². The Kier molecular flexibility index (Phi) is 6.45. The molecule has 0 spiro atoms. The highest BCUT2D eigenvalue weighted by atomic mass is 16.6. The van der Waals surface area contributed by atoms with E-state index in [0.29, 0.717) is 0 Å². The highest BCUT2D eigenvalue weighted by Gasteiger charge is 2.44. The summed E-state index contributed by atoms with van der Waals surface area (Å²) >= 11 is 0. The van der Waals surface area contributed by atoms with E-state index in [1.54, 1.807) is 0 Å². The number of anilines is 1. The van der Waals surface area contributed by atoms with Crippen LogP contribution in [0, 0.1) is 0 Å². The maximum atomic E-state index is 11.7. The number of aromatic amines is 1. The first-order valence-corrected chi connectivity index (χ1v) is 8.71. The van der Waals surface area contributed by atoms with E-state index in [9.17, 15) is 15.0 Å². The monoisotopic (exact) mass is 417 g/mol. The van der Waals surface area contributed by atoms with Gasteiger partial charge in [0, 0.05) is 0 Å². The second kappa shape index (κ2) is 8.68. The van der Waals surface area contributed by atoms with E-state index >= 15 is 0 Å². The first kappa shape index (κ1) is 21.5. The molecule has 2 aromatic rings. The van der Waals surface area contributed by atoms with Crippen LogP contribution in [-0.2, 0) is 9.47 Å². The number of H-pyrrole nitrogens is 1. The van der Waals surface area contributed by atoms with Gasteiger partial charge in [0.2, 0.25) is 5.95 Å². The fourth-order valence-corrected chi connectivity index (χ4v) is 3.07. The number of nitrogens with two attached hydrogens (primary N) is 1. The molecule has 9 N–H and O–H groups in total. The maximum absolute atomic E-state index is 11.7. The Balaban J connectivity index is 0.000000224. The predicted molar refractivity (Wildman–Crippen MR) is 94.4 cm³/mol. The molecule has 7 atom stereocenters. The van der Waals surface area contributed by atoms with Crippen molar-refractivity contribution in [1.82, 2.24) is 19.5 Å². The van der Waals surface area contributed by atoms with Crippen molar-refractivity contribution in [3.63, 3.8) is 0 Å². The van der Waals surface area contributed by atoms with Crippen LogP contribution in [0.3, 0.4) is 0 Å². The molecule has 0 radical (unpaired) electrons. The first-order chi connectivity index (χ1) is 13.8. The molecule has 29 heavy (non-hydrogen) atoms. The summed E-state index contributed by atoms with van der Waals surface area (Å²) in [5.74, 6) is -0.101. The average Bonchev–Trinajstić information content (AvgIpc) is 3.34. The van der Waals surface area contributed by atoms with Crippen molar-refractivity contribution in [3.8, 4) is 0 Å². The zero-order valence-electron chi connectivity index (χ0n) is 15.1. The topological polar surface area (TPSA) is 229 Å². The van der Waals surface area contributed by atoms with Crippen molar-refractivity contribution < 1.29 is 40.1 Å². The number of aliphatic hydroxyl groups is 6. The SMILES string of the molecule is Nc1nc2c(ncn2[C@@H]2O[C@H](CO)C(O)C2O)c(=O)[nH]1.OC[C@H]1OC[C@@H](O)[C@@H]1O. The summed E-state index contributed by atoms with van der Waals surface area (Å²) in [5, 5.41) is 54.9. The molecule has 4 rings (SSSR count). The molecule has 2 fully saturated rings. The van der Waals surface area contributed by atoms with E-state index in [2.05, 4.69) is 15.0 Å². The van der Waals surface area contributed by atoms with E-state index in [-0.39, 0.29) is 30.3 Å². The zero-order valence-corrected chi connectivity index (χ0v) is 15.1. The molecule has 2 unspecified atom stereocenters. The van der Waals surface area contributed by atoms with E-state index in [4.69, 9.17) is 35.6 Å². The van der Waals surface area contributed by atoms with Crippen molar-refractivity contribution in [2.24, 2.45) is 0 Å². The number of nitrogen functional groups attached to an aromatic ring is 1. The van der Waals surface area contributed by atoms with Crippen LogP contribution < -0.4 is 11.3 Å². The number of rotatable bonds is 3. The van der Waals surface area contributed by atoms with Gasteiger partial charge in [-0.1, -0.05) is 0 Å². The van der Waals surface area contributed by atoms with E-state index < -0.39 is 55.0 Å². The molecule has 2 aromatic heterocycles. The molecule has 14 heteroatoms. The molecule has 0 aromatic carbocycles. The van der Waals surface area contributed by atoms with E-state index in [0.717, 1.165) is 0 Å². The number of aromatic nitrogens is 4. The normalized spacial score (nSPS) is 34.3. The molecule has 162 valence electrons. The third-order valence-corrected chi connectivity index (χ3v) is 4.68. The summed E-state index contributed by atoms with van der Waals surface area (Å²) in [5.41, 5.74) is 5.12. The van der Waals surface area contributed by atoms with E-state index in [1.165, 1.54) is 10.9 Å². The second-order valence-corrected chi connectivity index (χ2v) is 6.62. The Morgan fingerprint density at radius 1 is 1.14 bits per heavy atom. The molecule has 0 amide bonds. The Morgan fingerprint density at radius 2 is 1.83 bits per heavy atom. The standard InChI is InChI=1S/C10H13N5O5.C5H10O4/c11-10-13-7-4(8(19)14-10)12-2-15(7)9-6(18)5(17)3(1-16)20-9;6-1-4-5(8)3(7)2-9-4/h2-3,5-6,9,16-18H,1H2,(H3,11,13,14,19);3-8H,1-2H2/t3-,5?,6?,9-;3-,4-,5+/m11/s1. The zero-order chi connectivity index (χ0) is 21.3. The summed E-state index contributed by atoms with van der Waals surface area (Å²) in [7, 11) is 0. The lowest BCUT2D eigenvalue weighted by atomic mass is 10.1. The molecule has 0 aliphatic carbocycles. The summed E-state index contributed by atoms with van der Waals surface area (Å²) in [6.45, 7) is -0.567. The number of hydrogen-bond acceptors (Lipinski definition) is 12. The lowest BCUT2D eigenvalue weighted by Gasteiger charge is -2.16. The van der Waals surface area contributed by atoms with Crippen molar-refractivity contribution in [2.45, 2.75) is 42.9 Å². The van der Waals surface area contributed by atoms with Crippen LogP contribution in [0.1, 0.15) is 6.23 Å². The Labute approximate surface area is 162 Å². The number of hydrogen-bond donors (Lipinski definition) is 8. The molecule has 2 saturated heterocycles. The number of imidazole rings is 1. The predicted octanol–water partition coefficient (Wildman–Crippen LogP) is -4.59. The molecule has 4 heterocycles. The fourth-order valence-electron chi connectivity index (χ4n) is 3.07. The van der Waals surface area contributed by atoms with Crippen molar-refractivity contribution >= 4 is 17.1 Å². The van der Waals surface area contributed by atoms with Gasteiger partial charge in [0.1, 0.15) is 36.6 Å². The molecule has 14 nitrogen and oxygen atoms in total. The molecule has 2 aliphatic heterocycles. The van der Waals surface area contributed by atoms with Crippen LogP contribution in [0.25, 0.3) is 11.2 Å². The summed E-state index contributed by atoms with van der Waals surface area (Å²) < 4.78 is 11.4. The highest BCUT2D eigenvalue weighted by molar-refractivity contribution is 5.70. The van der Waals surface area contributed by atoms with Crippen molar-refractivity contribution in [2.75, 3.05) is 25.6 Å². The van der Waals surface area contributed by atoms with Gasteiger partial charge >= 0.3 is 0 Å². The maximum Gasteiger partial charge on any atom is 0.280 e. The average molecular weight is 417 g/mol. The van der Waals surface area contributed by atoms with Gasteiger partial charge in [-0.15, -0.1) is 0 Å². The van der Waals surface area contributed by atoms with Crippen molar-refractivity contribution in [3.05, 3.63) is 16.7 Å². The highest BCUT2D eigenvalue weighted by Crippen LogP contribution is 2.30. The quantitative estimate of drug-likeness (QED) is 0.236. The van der Waals surface area contributed by atoms with Gasteiger partial charge in [0.15, 0.2) is 17.4 Å². The number of nitrogens with zero attached hydrogens (tertiary/aromatic N) is 3. The summed E-state index contributed by atoms with van der Waals surface area (Å²) in [4.78, 5) is 21.8. The Hall–Kier alpha value is -2.17. The van der Waals surface area contributed by atoms with Gasteiger partial charge < -0.3 is 45.8 Å². The second-order valence-electron chi connectivity index (χ2n) is 6.62. The first-order valence-electron chi connectivity index (χ1n) is 8.71. The minimum absolute atomic E-state index is 0.0388. The molecule has 0 bridgehead atoms. The molecule has 2 aliphatic rings. The van der Waals surface area contributed by atoms with Crippen molar-refractivity contribution in [1.29, 1.82) is 0 Å². The Bertz CT molecular complexity index is 889. The van der Waals surface area contributed by atoms with Crippen LogP contribution in [0.15, 0.2) is 11.1 Å². The van der Waals surface area contributed by atoms with Gasteiger partial charge in [0.05, 0.1) is 26.1 Å². The van der Waals surface area contributed by atoms with Crippen LogP contribution in [-0.4, -0.2) is 107 Å². The largest absolute Gasteiger partial charge is 0.394 e. The lowest BCUT2D eigenvalue weighted by molar-refractivity contribution is -0.0511. The molecular weight excluding hydrogens is 394 g/mol. The fraction of sp³-hybridized carbons (Fsp3) is 0.667. The van der Waals surface area contributed by atoms with Crippen LogP contribution in [0.5, 0.6) is 0 Å². The number of aliphatic hydroxyl groups excluding tert-OH is 6. The summed E-state index contributed by atoms with van der Waals surface area (Å²) in [6.07, 6.45) is -5.56. The third kappa shape index (κ3) is 4.10. The third-order valence-electron chi connectivity index (χ3n) is 4.68. The number of nitrogens with one attached hydrogen (secondary N) is 1. The van der Waals surface area contributed by atoms with E-state index in [1.807, 2.05) is 0 Å². The van der Waals surface area contributed by atoms with Crippen LogP contribution >= 0.6 is 0 Å². The molecule has 0 saturated carbocycles. The van der Waals surface area contributed by atoms with Gasteiger partial charge in [-0.3, -0.25) is 14.3 Å². The van der Waals surface area contributed by atoms with Crippen LogP contribution in [0.4, 0.5) is 5.95 Å². The van der Waals surface area contributed by atoms with Gasteiger partial charge in [-0.2, -0.15) is 4.98 Å². The minimum Gasteiger partial charge on any atom is -0.394 e. The van der Waals surface area contributed by atoms with Crippen LogP contribution in [0.2, 0.25) is 0 Å². The molecular formula is C15H23N5O9. The number of fused-ring (bicyclic) bond motifs is 1. The summed E-state index contributed by atoms with van der Waals surface area (Å²) in [6, 6.07) is 0. The number of ether oxygens (including phenoxy) is 2.